The van der Waals surface area contributed by atoms with Gasteiger partial charge < -0.3 is 15.4 Å². The highest BCUT2D eigenvalue weighted by Crippen LogP contribution is 2.07. The number of hydrogen-bond acceptors (Lipinski definition) is 3. The summed E-state index contributed by atoms with van der Waals surface area (Å²) in [5, 5.41) is 6.24. The maximum Gasteiger partial charge on any atom is 0.246 e. The molecule has 1 heterocycles. The van der Waals surface area contributed by atoms with Crippen molar-refractivity contribution in [1.29, 1.82) is 0 Å². The molecule has 15 heavy (non-hydrogen) atoms. The largest absolute Gasteiger partial charge is 0.372 e. The van der Waals surface area contributed by atoms with Crippen LogP contribution in [0, 0.1) is 5.92 Å². The average Bonchev–Trinajstić information content (AvgIpc) is 2.28. The third-order valence-corrected chi connectivity index (χ3v) is 2.57. The predicted molar refractivity (Wildman–Crippen MR) is 59.7 cm³/mol. The summed E-state index contributed by atoms with van der Waals surface area (Å²) in [6.07, 6.45) is 3.38. The van der Waals surface area contributed by atoms with E-state index in [9.17, 15) is 4.79 Å². The van der Waals surface area contributed by atoms with Crippen LogP contribution in [0.2, 0.25) is 0 Å². The van der Waals surface area contributed by atoms with Gasteiger partial charge in [0.05, 0.1) is 0 Å². The van der Waals surface area contributed by atoms with E-state index in [4.69, 9.17) is 4.74 Å². The SMILES string of the molecule is CCCOCC(=O)NCC1CCCNC1. The summed E-state index contributed by atoms with van der Waals surface area (Å²) in [5.41, 5.74) is 0. The Morgan fingerprint density at radius 1 is 1.60 bits per heavy atom. The van der Waals surface area contributed by atoms with Crippen molar-refractivity contribution in [3.8, 4) is 0 Å². The lowest BCUT2D eigenvalue weighted by molar-refractivity contribution is -0.125. The molecule has 4 heteroatoms. The first kappa shape index (κ1) is 12.5. The van der Waals surface area contributed by atoms with Gasteiger partial charge in [-0.25, -0.2) is 0 Å². The van der Waals surface area contributed by atoms with Gasteiger partial charge in [-0.3, -0.25) is 4.79 Å². The van der Waals surface area contributed by atoms with Crippen molar-refractivity contribution in [1.82, 2.24) is 10.6 Å². The Balaban J connectivity index is 2.00. The second kappa shape index (κ2) is 7.65. The van der Waals surface area contributed by atoms with Crippen molar-refractivity contribution in [2.45, 2.75) is 26.2 Å². The van der Waals surface area contributed by atoms with E-state index in [0.717, 1.165) is 26.1 Å². The van der Waals surface area contributed by atoms with E-state index < -0.39 is 0 Å². The monoisotopic (exact) mass is 214 g/mol. The lowest BCUT2D eigenvalue weighted by Gasteiger charge is -2.22. The third kappa shape index (κ3) is 5.74. The lowest BCUT2D eigenvalue weighted by atomic mass is 10.00. The third-order valence-electron chi connectivity index (χ3n) is 2.57. The average molecular weight is 214 g/mol. The van der Waals surface area contributed by atoms with Crippen LogP contribution in [0.4, 0.5) is 0 Å². The molecule has 0 aromatic rings. The molecule has 4 nitrogen and oxygen atoms in total. The van der Waals surface area contributed by atoms with Crippen LogP contribution in [0.25, 0.3) is 0 Å². The molecule has 1 aliphatic rings. The normalized spacial score (nSPS) is 21.3. The zero-order valence-corrected chi connectivity index (χ0v) is 9.55. The van der Waals surface area contributed by atoms with Crippen LogP contribution in [-0.2, 0) is 9.53 Å². The molecule has 1 aliphatic heterocycles. The van der Waals surface area contributed by atoms with E-state index >= 15 is 0 Å². The van der Waals surface area contributed by atoms with Gasteiger partial charge in [0, 0.05) is 13.2 Å². The second-order valence-electron chi connectivity index (χ2n) is 4.07. The molecule has 0 bridgehead atoms. The second-order valence-corrected chi connectivity index (χ2v) is 4.07. The van der Waals surface area contributed by atoms with Gasteiger partial charge in [-0.1, -0.05) is 6.92 Å². The lowest BCUT2D eigenvalue weighted by Crippen LogP contribution is -2.39. The molecule has 88 valence electrons. The summed E-state index contributed by atoms with van der Waals surface area (Å²) < 4.78 is 5.16. The number of nitrogens with one attached hydrogen (secondary N) is 2. The Morgan fingerprint density at radius 2 is 2.47 bits per heavy atom. The topological polar surface area (TPSA) is 50.4 Å². The molecule has 0 aromatic carbocycles. The van der Waals surface area contributed by atoms with Crippen molar-refractivity contribution in [3.63, 3.8) is 0 Å². The minimum absolute atomic E-state index is 0.00836. The molecule has 1 atom stereocenters. The first-order chi connectivity index (χ1) is 7.33. The van der Waals surface area contributed by atoms with Crippen LogP contribution in [0.1, 0.15) is 26.2 Å². The summed E-state index contributed by atoms with van der Waals surface area (Å²) in [6, 6.07) is 0. The number of carbonyl (C=O) groups is 1. The fraction of sp³-hybridized carbons (Fsp3) is 0.909. The van der Waals surface area contributed by atoms with Crippen LogP contribution in [0.3, 0.4) is 0 Å². The summed E-state index contributed by atoms with van der Waals surface area (Å²) in [7, 11) is 0. The van der Waals surface area contributed by atoms with E-state index in [0.29, 0.717) is 12.5 Å². The number of carbonyl (C=O) groups excluding carboxylic acids is 1. The van der Waals surface area contributed by atoms with Crippen LogP contribution in [0.15, 0.2) is 0 Å². The highest BCUT2D eigenvalue weighted by molar-refractivity contribution is 5.77. The smallest absolute Gasteiger partial charge is 0.246 e. The summed E-state index contributed by atoms with van der Waals surface area (Å²) >= 11 is 0. The Morgan fingerprint density at radius 3 is 3.13 bits per heavy atom. The van der Waals surface area contributed by atoms with Crippen LogP contribution >= 0.6 is 0 Å². The molecule has 1 unspecified atom stereocenters. The molecule has 1 fully saturated rings. The number of hydrogen-bond donors (Lipinski definition) is 2. The molecular formula is C11H22N2O2. The fourth-order valence-electron chi connectivity index (χ4n) is 1.72. The van der Waals surface area contributed by atoms with Crippen molar-refractivity contribution in [2.75, 3.05) is 32.8 Å². The maximum absolute atomic E-state index is 11.3. The Labute approximate surface area is 91.8 Å². The van der Waals surface area contributed by atoms with Gasteiger partial charge in [0.25, 0.3) is 0 Å². The molecule has 0 saturated carbocycles. The summed E-state index contributed by atoms with van der Waals surface area (Å²) in [6.45, 7) is 5.82. The zero-order chi connectivity index (χ0) is 10.9. The Hall–Kier alpha value is -0.610. The summed E-state index contributed by atoms with van der Waals surface area (Å²) in [5.74, 6) is 0.600. The summed E-state index contributed by atoms with van der Waals surface area (Å²) in [4.78, 5) is 11.3. The first-order valence-electron chi connectivity index (χ1n) is 5.88. The van der Waals surface area contributed by atoms with Crippen molar-refractivity contribution in [2.24, 2.45) is 5.92 Å². The van der Waals surface area contributed by atoms with Gasteiger partial charge >= 0.3 is 0 Å². The maximum atomic E-state index is 11.3. The van der Waals surface area contributed by atoms with E-state index in [1.54, 1.807) is 0 Å². The van der Waals surface area contributed by atoms with Crippen molar-refractivity contribution < 1.29 is 9.53 Å². The number of amides is 1. The quantitative estimate of drug-likeness (QED) is 0.634. The van der Waals surface area contributed by atoms with Crippen molar-refractivity contribution >= 4 is 5.91 Å². The molecule has 1 saturated heterocycles. The van der Waals surface area contributed by atoms with Gasteiger partial charge in [-0.2, -0.15) is 0 Å². The minimum atomic E-state index is 0.00836. The number of rotatable bonds is 6. The molecule has 0 spiro atoms. The molecule has 0 aliphatic carbocycles. The molecule has 1 amide bonds. The predicted octanol–water partition coefficient (Wildman–Crippen LogP) is 0.529. The molecule has 2 N–H and O–H groups in total. The molecule has 1 rings (SSSR count). The van der Waals surface area contributed by atoms with E-state index in [1.807, 2.05) is 6.92 Å². The Kier molecular flexibility index (Phi) is 6.36. The standard InChI is InChI=1S/C11H22N2O2/c1-2-6-15-9-11(14)13-8-10-4-3-5-12-7-10/h10,12H,2-9H2,1H3,(H,13,14). The molecule has 0 radical (unpaired) electrons. The number of piperidine rings is 1. The van der Waals surface area contributed by atoms with Gasteiger partial charge in [-0.15, -0.1) is 0 Å². The Bertz CT molecular complexity index is 179. The zero-order valence-electron chi connectivity index (χ0n) is 9.55. The van der Waals surface area contributed by atoms with E-state index in [1.165, 1.54) is 12.8 Å². The van der Waals surface area contributed by atoms with Crippen LogP contribution in [0.5, 0.6) is 0 Å². The minimum Gasteiger partial charge on any atom is -0.372 e. The fourth-order valence-corrected chi connectivity index (χ4v) is 1.72. The van der Waals surface area contributed by atoms with E-state index in [-0.39, 0.29) is 12.5 Å². The van der Waals surface area contributed by atoms with Crippen LogP contribution in [-0.4, -0.2) is 38.8 Å². The highest BCUT2D eigenvalue weighted by atomic mass is 16.5. The highest BCUT2D eigenvalue weighted by Gasteiger charge is 2.13. The van der Waals surface area contributed by atoms with E-state index in [2.05, 4.69) is 10.6 Å². The van der Waals surface area contributed by atoms with Gasteiger partial charge in [-0.05, 0) is 38.3 Å². The van der Waals surface area contributed by atoms with Gasteiger partial charge in [0.2, 0.25) is 5.91 Å². The molecular weight excluding hydrogens is 192 g/mol. The molecule has 0 aromatic heterocycles. The van der Waals surface area contributed by atoms with Gasteiger partial charge in [0.15, 0.2) is 0 Å². The van der Waals surface area contributed by atoms with Crippen LogP contribution < -0.4 is 10.6 Å². The number of ether oxygens (including phenoxy) is 1. The first-order valence-corrected chi connectivity index (χ1v) is 5.88. The van der Waals surface area contributed by atoms with Crippen molar-refractivity contribution in [3.05, 3.63) is 0 Å². The van der Waals surface area contributed by atoms with Gasteiger partial charge in [0.1, 0.15) is 6.61 Å².